The van der Waals surface area contributed by atoms with Gasteiger partial charge in [0.1, 0.15) is 12.4 Å². The van der Waals surface area contributed by atoms with E-state index >= 15 is 0 Å². The zero-order valence-corrected chi connectivity index (χ0v) is 11.6. The van der Waals surface area contributed by atoms with Gasteiger partial charge in [0, 0.05) is 0 Å². The molecule has 0 atom stereocenters. The van der Waals surface area contributed by atoms with Gasteiger partial charge in [-0.15, -0.1) is 0 Å². The summed E-state index contributed by atoms with van der Waals surface area (Å²) in [7, 11) is 0. The molecule has 0 heterocycles. The number of para-hydroxylation sites is 1. The monoisotopic (exact) mass is 304 g/mol. The number of aryl methyl sites for hydroxylation is 1. The van der Waals surface area contributed by atoms with Crippen LogP contribution in [0, 0.1) is 6.92 Å². The first-order valence-electron chi connectivity index (χ1n) is 5.63. The van der Waals surface area contributed by atoms with Crippen molar-refractivity contribution >= 4 is 22.2 Å². The minimum Gasteiger partial charge on any atom is -0.487 e. The molecule has 0 bridgehead atoms. The summed E-state index contributed by atoms with van der Waals surface area (Å²) in [5, 5.41) is 0. The topological polar surface area (TPSA) is 26.3 Å². The molecule has 0 fully saturated rings. The molecule has 2 aromatic carbocycles. The van der Waals surface area contributed by atoms with Gasteiger partial charge in [-0.25, -0.2) is 0 Å². The highest BCUT2D eigenvalue weighted by molar-refractivity contribution is 9.10. The minimum atomic E-state index is 0.454. The Labute approximate surface area is 115 Å². The van der Waals surface area contributed by atoms with Gasteiger partial charge in [-0.1, -0.05) is 30.3 Å². The molecule has 0 aromatic heterocycles. The number of carbonyl (C=O) groups is 1. The first-order chi connectivity index (χ1) is 8.72. The molecule has 0 aliphatic heterocycles. The molecule has 2 nitrogen and oxygen atoms in total. The van der Waals surface area contributed by atoms with Crippen LogP contribution in [0.5, 0.6) is 5.75 Å². The van der Waals surface area contributed by atoms with E-state index < -0.39 is 0 Å². The summed E-state index contributed by atoms with van der Waals surface area (Å²) in [6.45, 7) is 2.50. The van der Waals surface area contributed by atoms with Crippen LogP contribution in [-0.4, -0.2) is 6.29 Å². The molecule has 18 heavy (non-hydrogen) atoms. The van der Waals surface area contributed by atoms with Crippen LogP contribution in [0.2, 0.25) is 0 Å². The fourth-order valence-electron chi connectivity index (χ4n) is 1.69. The molecule has 0 unspecified atom stereocenters. The third kappa shape index (κ3) is 2.79. The van der Waals surface area contributed by atoms with Crippen LogP contribution in [0.3, 0.4) is 0 Å². The van der Waals surface area contributed by atoms with Crippen LogP contribution in [0.4, 0.5) is 0 Å². The van der Waals surface area contributed by atoms with E-state index in [1.807, 2.05) is 43.3 Å². The van der Waals surface area contributed by atoms with Crippen molar-refractivity contribution in [1.29, 1.82) is 0 Å². The van der Waals surface area contributed by atoms with E-state index in [0.717, 1.165) is 16.3 Å². The summed E-state index contributed by atoms with van der Waals surface area (Å²) in [6, 6.07) is 13.5. The van der Waals surface area contributed by atoms with Crippen LogP contribution >= 0.6 is 15.9 Å². The first kappa shape index (κ1) is 12.8. The van der Waals surface area contributed by atoms with Gasteiger partial charge in [0.25, 0.3) is 0 Å². The standard InChI is InChI=1S/C15H13BrO2/c1-11-5-2-3-6-13(11)10-18-15-12(9-17)7-4-8-14(15)16/h2-9H,10H2,1H3. The summed E-state index contributed by atoms with van der Waals surface area (Å²) < 4.78 is 6.54. The summed E-state index contributed by atoms with van der Waals surface area (Å²) in [5.41, 5.74) is 2.85. The number of hydrogen-bond donors (Lipinski definition) is 0. The SMILES string of the molecule is Cc1ccccc1COc1c(Br)cccc1C=O. The lowest BCUT2D eigenvalue weighted by atomic mass is 10.1. The maximum Gasteiger partial charge on any atom is 0.153 e. The Balaban J connectivity index is 2.21. The lowest BCUT2D eigenvalue weighted by Gasteiger charge is -2.11. The summed E-state index contributed by atoms with van der Waals surface area (Å²) in [6.07, 6.45) is 0.804. The zero-order chi connectivity index (χ0) is 13.0. The number of carbonyl (C=O) groups excluding carboxylic acids is 1. The fourth-order valence-corrected chi connectivity index (χ4v) is 2.19. The molecule has 0 amide bonds. The van der Waals surface area contributed by atoms with Gasteiger partial charge < -0.3 is 4.74 Å². The van der Waals surface area contributed by atoms with E-state index in [9.17, 15) is 4.79 Å². The molecule has 2 rings (SSSR count). The minimum absolute atomic E-state index is 0.454. The number of rotatable bonds is 4. The third-order valence-corrected chi connectivity index (χ3v) is 3.38. The Hall–Kier alpha value is -1.61. The first-order valence-corrected chi connectivity index (χ1v) is 6.42. The number of benzene rings is 2. The van der Waals surface area contributed by atoms with Crippen molar-refractivity contribution in [2.45, 2.75) is 13.5 Å². The van der Waals surface area contributed by atoms with Gasteiger partial charge in [-0.3, -0.25) is 4.79 Å². The Morgan fingerprint density at radius 1 is 1.17 bits per heavy atom. The van der Waals surface area contributed by atoms with Gasteiger partial charge in [-0.05, 0) is 46.1 Å². The van der Waals surface area contributed by atoms with E-state index in [0.29, 0.717) is 17.9 Å². The fraction of sp³-hybridized carbons (Fsp3) is 0.133. The van der Waals surface area contributed by atoms with Crippen molar-refractivity contribution in [3.63, 3.8) is 0 Å². The van der Waals surface area contributed by atoms with Crippen molar-refractivity contribution in [1.82, 2.24) is 0 Å². The highest BCUT2D eigenvalue weighted by Gasteiger charge is 2.08. The maximum absolute atomic E-state index is 11.0. The number of hydrogen-bond acceptors (Lipinski definition) is 2. The van der Waals surface area contributed by atoms with Gasteiger partial charge in [-0.2, -0.15) is 0 Å². The molecule has 0 radical (unpaired) electrons. The highest BCUT2D eigenvalue weighted by atomic mass is 79.9. The van der Waals surface area contributed by atoms with Crippen LogP contribution in [0.25, 0.3) is 0 Å². The maximum atomic E-state index is 11.0. The molecular formula is C15H13BrO2. The molecule has 3 heteroatoms. The lowest BCUT2D eigenvalue weighted by molar-refractivity contribution is 0.111. The number of halogens is 1. The third-order valence-electron chi connectivity index (χ3n) is 2.76. The van der Waals surface area contributed by atoms with Gasteiger partial charge in [0.2, 0.25) is 0 Å². The van der Waals surface area contributed by atoms with Crippen molar-refractivity contribution in [3.05, 3.63) is 63.6 Å². The van der Waals surface area contributed by atoms with Crippen LogP contribution in [0.1, 0.15) is 21.5 Å². The van der Waals surface area contributed by atoms with Gasteiger partial charge in [0.15, 0.2) is 6.29 Å². The second-order valence-electron chi connectivity index (χ2n) is 3.99. The van der Waals surface area contributed by atoms with Crippen molar-refractivity contribution in [2.75, 3.05) is 0 Å². The molecule has 92 valence electrons. The van der Waals surface area contributed by atoms with E-state index in [2.05, 4.69) is 15.9 Å². The Morgan fingerprint density at radius 3 is 2.67 bits per heavy atom. The Morgan fingerprint density at radius 2 is 1.94 bits per heavy atom. The summed E-state index contributed by atoms with van der Waals surface area (Å²) in [4.78, 5) is 11.0. The summed E-state index contributed by atoms with van der Waals surface area (Å²) >= 11 is 3.40. The van der Waals surface area contributed by atoms with E-state index in [1.54, 1.807) is 6.07 Å². The molecule has 0 aliphatic carbocycles. The normalized spacial score (nSPS) is 10.1. The Bertz CT molecular complexity index is 564. The average Bonchev–Trinajstić information content (AvgIpc) is 2.39. The zero-order valence-electron chi connectivity index (χ0n) is 10.0. The number of ether oxygens (including phenoxy) is 1. The van der Waals surface area contributed by atoms with E-state index in [4.69, 9.17) is 4.74 Å². The quantitative estimate of drug-likeness (QED) is 0.793. The number of aldehydes is 1. The second-order valence-corrected chi connectivity index (χ2v) is 4.85. The van der Waals surface area contributed by atoms with Gasteiger partial charge in [0.05, 0.1) is 10.0 Å². The molecule has 0 saturated heterocycles. The van der Waals surface area contributed by atoms with E-state index in [-0.39, 0.29) is 0 Å². The average molecular weight is 305 g/mol. The molecule has 0 spiro atoms. The second kappa shape index (κ2) is 5.83. The van der Waals surface area contributed by atoms with Crippen LogP contribution in [-0.2, 0) is 6.61 Å². The molecular weight excluding hydrogens is 292 g/mol. The smallest absolute Gasteiger partial charge is 0.153 e. The molecule has 0 N–H and O–H groups in total. The van der Waals surface area contributed by atoms with Gasteiger partial charge >= 0.3 is 0 Å². The Kier molecular flexibility index (Phi) is 4.15. The largest absolute Gasteiger partial charge is 0.487 e. The molecule has 2 aromatic rings. The highest BCUT2D eigenvalue weighted by Crippen LogP contribution is 2.28. The van der Waals surface area contributed by atoms with Crippen LogP contribution < -0.4 is 4.74 Å². The predicted molar refractivity (Wildman–Crippen MR) is 75.0 cm³/mol. The van der Waals surface area contributed by atoms with E-state index in [1.165, 1.54) is 5.56 Å². The summed E-state index contributed by atoms with van der Waals surface area (Å²) in [5.74, 6) is 0.593. The van der Waals surface area contributed by atoms with Crippen molar-refractivity contribution in [3.8, 4) is 5.75 Å². The van der Waals surface area contributed by atoms with Crippen molar-refractivity contribution < 1.29 is 9.53 Å². The van der Waals surface area contributed by atoms with Crippen molar-refractivity contribution in [2.24, 2.45) is 0 Å². The lowest BCUT2D eigenvalue weighted by Crippen LogP contribution is -2.00. The molecule has 0 saturated carbocycles. The predicted octanol–water partition coefficient (Wildman–Crippen LogP) is 4.15. The van der Waals surface area contributed by atoms with Crippen LogP contribution in [0.15, 0.2) is 46.9 Å². The molecule has 0 aliphatic rings.